The summed E-state index contributed by atoms with van der Waals surface area (Å²) in [5.74, 6) is 0. The van der Waals surface area contributed by atoms with Crippen LogP contribution in [0.15, 0.2) is 0 Å². The molecule has 0 aliphatic carbocycles. The van der Waals surface area contributed by atoms with Crippen molar-refractivity contribution in [2.24, 2.45) is 0 Å². The molecule has 0 aromatic carbocycles. The van der Waals surface area contributed by atoms with Crippen molar-refractivity contribution in [3.05, 3.63) is 0 Å². The molecule has 0 radical (unpaired) electrons. The highest BCUT2D eigenvalue weighted by Gasteiger charge is 2.27. The Morgan fingerprint density at radius 2 is 2.45 bits per heavy atom. The third-order valence-corrected chi connectivity index (χ3v) is 2.57. The molecule has 6 heteroatoms. The standard InChI is InChI=1S/C5H9NO4S/c1-4-2-3-6(5(7)8)11(9)10-4/h4H,2-3H2,1H3,(H,7,8). The lowest BCUT2D eigenvalue weighted by Crippen LogP contribution is -2.40. The maximum absolute atomic E-state index is 10.9. The molecule has 0 saturated carbocycles. The van der Waals surface area contributed by atoms with E-state index in [9.17, 15) is 9.00 Å². The maximum Gasteiger partial charge on any atom is 0.421 e. The van der Waals surface area contributed by atoms with Crippen LogP contribution in [-0.2, 0) is 15.4 Å². The van der Waals surface area contributed by atoms with Gasteiger partial charge >= 0.3 is 6.09 Å². The minimum atomic E-state index is -1.80. The smallest absolute Gasteiger partial charge is 0.421 e. The molecule has 0 aromatic rings. The van der Waals surface area contributed by atoms with Crippen molar-refractivity contribution in [1.29, 1.82) is 0 Å². The normalized spacial score (nSPS) is 31.9. The molecule has 1 aliphatic rings. The second kappa shape index (κ2) is 3.19. The fraction of sp³-hybridized carbons (Fsp3) is 0.800. The van der Waals surface area contributed by atoms with Gasteiger partial charge in [-0.25, -0.2) is 13.3 Å². The van der Waals surface area contributed by atoms with Gasteiger partial charge in [0.15, 0.2) is 0 Å². The molecule has 1 aliphatic heterocycles. The number of hydrogen-bond donors (Lipinski definition) is 1. The molecule has 2 atom stereocenters. The Morgan fingerprint density at radius 3 is 2.91 bits per heavy atom. The van der Waals surface area contributed by atoms with Gasteiger partial charge in [-0.05, 0) is 13.3 Å². The highest BCUT2D eigenvalue weighted by atomic mass is 32.2. The molecule has 1 amide bonds. The van der Waals surface area contributed by atoms with Crippen LogP contribution in [0.2, 0.25) is 0 Å². The maximum atomic E-state index is 10.9. The van der Waals surface area contributed by atoms with Gasteiger partial charge in [-0.15, -0.1) is 0 Å². The molecule has 64 valence electrons. The van der Waals surface area contributed by atoms with E-state index in [0.717, 1.165) is 4.31 Å². The zero-order chi connectivity index (χ0) is 8.43. The van der Waals surface area contributed by atoms with Crippen LogP contribution in [0.1, 0.15) is 13.3 Å². The number of hydrogen-bond acceptors (Lipinski definition) is 3. The Morgan fingerprint density at radius 1 is 1.82 bits per heavy atom. The number of carboxylic acid groups (broad SMARTS) is 1. The quantitative estimate of drug-likeness (QED) is 0.582. The Hall–Kier alpha value is -0.620. The van der Waals surface area contributed by atoms with Gasteiger partial charge in [0.25, 0.3) is 11.3 Å². The molecule has 5 nitrogen and oxygen atoms in total. The van der Waals surface area contributed by atoms with Gasteiger partial charge < -0.3 is 5.11 Å². The first-order valence-corrected chi connectivity index (χ1v) is 4.24. The summed E-state index contributed by atoms with van der Waals surface area (Å²) in [6.07, 6.45) is -0.723. The zero-order valence-electron chi connectivity index (χ0n) is 6.02. The predicted octanol–water partition coefficient (Wildman–Crippen LogP) is 0.354. The van der Waals surface area contributed by atoms with Gasteiger partial charge in [0.05, 0.1) is 6.10 Å². The fourth-order valence-corrected chi connectivity index (χ4v) is 1.64. The molecule has 1 heterocycles. The van der Waals surface area contributed by atoms with E-state index in [1.54, 1.807) is 6.92 Å². The van der Waals surface area contributed by atoms with Gasteiger partial charge in [-0.1, -0.05) is 0 Å². The summed E-state index contributed by atoms with van der Waals surface area (Å²) in [7, 11) is 0. The van der Waals surface area contributed by atoms with E-state index in [4.69, 9.17) is 9.29 Å². The van der Waals surface area contributed by atoms with E-state index >= 15 is 0 Å². The lowest BCUT2D eigenvalue weighted by molar-refractivity contribution is 0.138. The predicted molar refractivity (Wildman–Crippen MR) is 38.0 cm³/mol. The minimum absolute atomic E-state index is 0.119. The topological polar surface area (TPSA) is 66.8 Å². The van der Waals surface area contributed by atoms with Gasteiger partial charge in [0.2, 0.25) is 0 Å². The number of nitrogens with zero attached hydrogens (tertiary/aromatic N) is 1. The number of amides is 1. The summed E-state index contributed by atoms with van der Waals surface area (Å²) in [5.41, 5.74) is 0. The molecular weight excluding hydrogens is 170 g/mol. The van der Waals surface area contributed by atoms with E-state index in [0.29, 0.717) is 6.42 Å². The second-order valence-corrected chi connectivity index (χ2v) is 3.36. The van der Waals surface area contributed by atoms with Crippen molar-refractivity contribution < 1.29 is 18.3 Å². The van der Waals surface area contributed by atoms with E-state index in [2.05, 4.69) is 0 Å². The molecule has 0 aromatic heterocycles. The SMILES string of the molecule is CC1CCN(C(=O)O)S(=O)O1. The van der Waals surface area contributed by atoms with Crippen LogP contribution in [-0.4, -0.2) is 32.4 Å². The summed E-state index contributed by atoms with van der Waals surface area (Å²) in [6, 6.07) is 0. The average molecular weight is 179 g/mol. The first kappa shape index (κ1) is 8.48. The summed E-state index contributed by atoms with van der Waals surface area (Å²) < 4.78 is 16.4. The second-order valence-electron chi connectivity index (χ2n) is 2.30. The third-order valence-electron chi connectivity index (χ3n) is 1.38. The minimum Gasteiger partial charge on any atom is -0.464 e. The van der Waals surface area contributed by atoms with E-state index in [-0.39, 0.29) is 12.6 Å². The highest BCUT2D eigenvalue weighted by Crippen LogP contribution is 2.13. The monoisotopic (exact) mass is 179 g/mol. The van der Waals surface area contributed by atoms with Crippen LogP contribution < -0.4 is 0 Å². The average Bonchev–Trinajstić information content (AvgIpc) is 1.85. The van der Waals surface area contributed by atoms with Gasteiger partial charge in [0.1, 0.15) is 0 Å². The van der Waals surface area contributed by atoms with Crippen LogP contribution in [0, 0.1) is 0 Å². The fourth-order valence-electron chi connectivity index (χ4n) is 0.774. The van der Waals surface area contributed by atoms with Crippen molar-refractivity contribution in [2.75, 3.05) is 6.54 Å². The number of rotatable bonds is 0. The first-order valence-electron chi connectivity index (χ1n) is 3.20. The Labute approximate surface area is 66.7 Å². The zero-order valence-corrected chi connectivity index (χ0v) is 6.84. The van der Waals surface area contributed by atoms with Crippen LogP contribution >= 0.6 is 0 Å². The summed E-state index contributed by atoms with van der Waals surface area (Å²) in [4.78, 5) is 10.3. The number of carbonyl (C=O) groups is 1. The van der Waals surface area contributed by atoms with Gasteiger partial charge in [-0.3, -0.25) is 4.18 Å². The molecule has 1 N–H and O–H groups in total. The molecule has 0 bridgehead atoms. The van der Waals surface area contributed by atoms with Crippen LogP contribution in [0.5, 0.6) is 0 Å². The van der Waals surface area contributed by atoms with Crippen molar-refractivity contribution in [2.45, 2.75) is 19.4 Å². The molecule has 1 rings (SSSR count). The Kier molecular flexibility index (Phi) is 2.45. The van der Waals surface area contributed by atoms with E-state index < -0.39 is 17.4 Å². The third kappa shape index (κ3) is 1.90. The first-order chi connectivity index (χ1) is 5.11. The van der Waals surface area contributed by atoms with Crippen molar-refractivity contribution >= 4 is 17.4 Å². The molecular formula is C5H9NO4S. The Balaban J connectivity index is 2.58. The molecule has 1 saturated heterocycles. The van der Waals surface area contributed by atoms with E-state index in [1.807, 2.05) is 0 Å². The Bertz CT molecular complexity index is 195. The van der Waals surface area contributed by atoms with Crippen LogP contribution in [0.4, 0.5) is 4.79 Å². The lowest BCUT2D eigenvalue weighted by Gasteiger charge is -2.25. The molecule has 1 fully saturated rings. The summed E-state index contributed by atoms with van der Waals surface area (Å²) in [5, 5.41) is 8.45. The molecule has 11 heavy (non-hydrogen) atoms. The van der Waals surface area contributed by atoms with Gasteiger partial charge in [-0.2, -0.15) is 0 Å². The summed E-state index contributed by atoms with van der Waals surface area (Å²) >= 11 is -1.80. The molecule has 0 spiro atoms. The van der Waals surface area contributed by atoms with Crippen LogP contribution in [0.3, 0.4) is 0 Å². The highest BCUT2D eigenvalue weighted by molar-refractivity contribution is 7.78. The van der Waals surface area contributed by atoms with Crippen molar-refractivity contribution in [3.8, 4) is 0 Å². The van der Waals surface area contributed by atoms with E-state index in [1.165, 1.54) is 0 Å². The van der Waals surface area contributed by atoms with Gasteiger partial charge in [0, 0.05) is 6.54 Å². The van der Waals surface area contributed by atoms with Crippen molar-refractivity contribution in [1.82, 2.24) is 4.31 Å². The van der Waals surface area contributed by atoms with Crippen molar-refractivity contribution in [3.63, 3.8) is 0 Å². The lowest BCUT2D eigenvalue weighted by atomic mass is 10.3. The molecule has 2 unspecified atom stereocenters. The van der Waals surface area contributed by atoms with Crippen LogP contribution in [0.25, 0.3) is 0 Å². The summed E-state index contributed by atoms with van der Waals surface area (Å²) in [6.45, 7) is 2.04. The largest absolute Gasteiger partial charge is 0.464 e.